The van der Waals surface area contributed by atoms with Gasteiger partial charge >= 0.3 is 0 Å². The molecular formula is C19H30N4O2. The van der Waals surface area contributed by atoms with Gasteiger partial charge in [-0.1, -0.05) is 0 Å². The molecule has 2 aliphatic rings. The fourth-order valence-electron chi connectivity index (χ4n) is 4.13. The molecule has 0 aliphatic carbocycles. The molecule has 0 N–H and O–H groups in total. The molecule has 3 heterocycles. The number of nitrogens with zero attached hydrogens (tertiary/aromatic N) is 4. The molecule has 1 aromatic rings. The fraction of sp³-hybridized carbons (Fsp3) is 0.737. The molecule has 6 nitrogen and oxygen atoms in total. The third-order valence-corrected chi connectivity index (χ3v) is 5.86. The van der Waals surface area contributed by atoms with Crippen LogP contribution in [0.25, 0.3) is 0 Å². The Bertz CT molecular complexity index is 591. The molecule has 2 saturated heterocycles. The van der Waals surface area contributed by atoms with Crippen LogP contribution in [0.5, 0.6) is 0 Å². The highest BCUT2D eigenvalue weighted by molar-refractivity contribution is 5.94. The second-order valence-corrected chi connectivity index (χ2v) is 7.43. The average Bonchev–Trinajstić information content (AvgIpc) is 2.93. The van der Waals surface area contributed by atoms with Crippen LogP contribution in [0.2, 0.25) is 0 Å². The van der Waals surface area contributed by atoms with Gasteiger partial charge in [0, 0.05) is 44.6 Å². The number of aromatic nitrogens is 2. The van der Waals surface area contributed by atoms with Crippen molar-refractivity contribution < 1.29 is 9.53 Å². The minimum atomic E-state index is 0.0769. The van der Waals surface area contributed by atoms with E-state index in [2.05, 4.69) is 14.9 Å². The molecule has 2 aliphatic heterocycles. The lowest BCUT2D eigenvalue weighted by atomic mass is 9.92. The van der Waals surface area contributed by atoms with Crippen LogP contribution in [0, 0.1) is 25.7 Å². The first kappa shape index (κ1) is 18.3. The number of rotatable bonds is 5. The number of hydrogen-bond donors (Lipinski definition) is 0. The second-order valence-electron chi connectivity index (χ2n) is 7.43. The maximum absolute atomic E-state index is 12.9. The predicted molar refractivity (Wildman–Crippen MR) is 96.6 cm³/mol. The molecule has 1 amide bonds. The van der Waals surface area contributed by atoms with Gasteiger partial charge in [0.15, 0.2) is 0 Å². The largest absolute Gasteiger partial charge is 0.385 e. The Morgan fingerprint density at radius 3 is 2.52 bits per heavy atom. The lowest BCUT2D eigenvalue weighted by Crippen LogP contribution is -2.32. The highest BCUT2D eigenvalue weighted by Gasteiger charge is 2.37. The first-order chi connectivity index (χ1) is 12.1. The van der Waals surface area contributed by atoms with Gasteiger partial charge in [-0.25, -0.2) is 9.97 Å². The summed E-state index contributed by atoms with van der Waals surface area (Å²) in [5, 5.41) is 0. The Hall–Kier alpha value is -1.53. The van der Waals surface area contributed by atoms with Crippen LogP contribution in [0.3, 0.4) is 0 Å². The summed E-state index contributed by atoms with van der Waals surface area (Å²) in [7, 11) is 1.76. The molecule has 0 spiro atoms. The third-order valence-electron chi connectivity index (χ3n) is 5.86. The predicted octanol–water partition coefficient (Wildman–Crippen LogP) is 1.91. The molecule has 2 fully saturated rings. The number of hydrogen-bond acceptors (Lipinski definition) is 5. The van der Waals surface area contributed by atoms with Crippen LogP contribution < -0.4 is 0 Å². The van der Waals surface area contributed by atoms with Crippen LogP contribution in [0.15, 0.2) is 6.33 Å². The van der Waals surface area contributed by atoms with Gasteiger partial charge < -0.3 is 14.5 Å². The van der Waals surface area contributed by atoms with E-state index < -0.39 is 0 Å². The normalized spacial score (nSPS) is 24.2. The van der Waals surface area contributed by atoms with Crippen molar-refractivity contribution in [2.24, 2.45) is 11.8 Å². The molecular weight excluding hydrogens is 316 g/mol. The highest BCUT2D eigenvalue weighted by Crippen LogP contribution is 2.32. The van der Waals surface area contributed by atoms with Crippen LogP contribution in [0.4, 0.5) is 0 Å². The van der Waals surface area contributed by atoms with E-state index in [4.69, 9.17) is 4.74 Å². The van der Waals surface area contributed by atoms with E-state index >= 15 is 0 Å². The van der Waals surface area contributed by atoms with Crippen molar-refractivity contribution in [3.63, 3.8) is 0 Å². The molecule has 0 aromatic carbocycles. The minimum Gasteiger partial charge on any atom is -0.385 e. The molecule has 0 saturated carbocycles. The summed E-state index contributed by atoms with van der Waals surface area (Å²) in [6, 6.07) is 0. The first-order valence-electron chi connectivity index (χ1n) is 9.39. The van der Waals surface area contributed by atoms with Crippen molar-refractivity contribution >= 4 is 5.91 Å². The SMILES string of the molecule is COCCCN1CC[C@@H]2CN(C(=O)c3ncnc(C)c3C)C[C@@H]2CC1. The van der Waals surface area contributed by atoms with Crippen molar-refractivity contribution in [2.75, 3.05) is 46.4 Å². The average molecular weight is 346 g/mol. The van der Waals surface area contributed by atoms with E-state index in [0.29, 0.717) is 17.5 Å². The maximum atomic E-state index is 12.9. The van der Waals surface area contributed by atoms with Gasteiger partial charge in [-0.15, -0.1) is 0 Å². The van der Waals surface area contributed by atoms with Crippen LogP contribution in [-0.4, -0.2) is 72.1 Å². The minimum absolute atomic E-state index is 0.0769. The van der Waals surface area contributed by atoms with Gasteiger partial charge in [0.05, 0.1) is 0 Å². The zero-order valence-corrected chi connectivity index (χ0v) is 15.7. The van der Waals surface area contributed by atoms with Gasteiger partial charge in [0.2, 0.25) is 0 Å². The zero-order chi connectivity index (χ0) is 17.8. The van der Waals surface area contributed by atoms with Crippen molar-refractivity contribution in [1.29, 1.82) is 0 Å². The zero-order valence-electron chi connectivity index (χ0n) is 15.7. The standard InChI is InChI=1S/C19H30N4O2/c1-14-15(2)20-13-21-18(14)19(24)23-11-16-5-8-22(7-4-10-25-3)9-6-17(16)12-23/h13,16-17H,4-12H2,1-3H3/t16-,17+. The Labute approximate surface area is 150 Å². The number of fused-ring (bicyclic) bond motifs is 1. The van der Waals surface area contributed by atoms with E-state index in [1.54, 1.807) is 7.11 Å². The Balaban J connectivity index is 1.58. The van der Waals surface area contributed by atoms with E-state index in [9.17, 15) is 4.79 Å². The van der Waals surface area contributed by atoms with E-state index in [1.165, 1.54) is 19.2 Å². The number of ether oxygens (including phenoxy) is 1. The van der Waals surface area contributed by atoms with Gasteiger partial charge in [-0.3, -0.25) is 4.79 Å². The van der Waals surface area contributed by atoms with Crippen molar-refractivity contribution in [2.45, 2.75) is 33.1 Å². The molecule has 2 atom stereocenters. The van der Waals surface area contributed by atoms with Gasteiger partial charge in [0.1, 0.15) is 12.0 Å². The summed E-state index contributed by atoms with van der Waals surface area (Å²) in [5.41, 5.74) is 2.37. The van der Waals surface area contributed by atoms with Crippen molar-refractivity contribution in [1.82, 2.24) is 19.8 Å². The van der Waals surface area contributed by atoms with Crippen LogP contribution >= 0.6 is 0 Å². The van der Waals surface area contributed by atoms with Crippen LogP contribution in [-0.2, 0) is 4.74 Å². The van der Waals surface area contributed by atoms with E-state index in [0.717, 1.165) is 57.0 Å². The third kappa shape index (κ3) is 4.18. The molecule has 6 heteroatoms. The number of carbonyl (C=O) groups is 1. The molecule has 0 radical (unpaired) electrons. The lowest BCUT2D eigenvalue weighted by Gasteiger charge is -2.22. The smallest absolute Gasteiger partial charge is 0.272 e. The Kier molecular flexibility index (Phi) is 6.02. The van der Waals surface area contributed by atoms with Gasteiger partial charge in [0.25, 0.3) is 5.91 Å². The number of aryl methyl sites for hydroxylation is 1. The summed E-state index contributed by atoms with van der Waals surface area (Å²) in [6.07, 6.45) is 4.97. The number of likely N-dealkylation sites (tertiary alicyclic amines) is 2. The molecule has 1 aromatic heterocycles. The summed E-state index contributed by atoms with van der Waals surface area (Å²) in [5.74, 6) is 1.33. The Morgan fingerprint density at radius 2 is 1.88 bits per heavy atom. The second kappa shape index (κ2) is 8.23. The summed E-state index contributed by atoms with van der Waals surface area (Å²) in [4.78, 5) is 25.9. The van der Waals surface area contributed by atoms with Crippen molar-refractivity contribution in [3.8, 4) is 0 Å². The number of methoxy groups -OCH3 is 1. The first-order valence-corrected chi connectivity index (χ1v) is 9.39. The fourth-order valence-corrected chi connectivity index (χ4v) is 4.13. The topological polar surface area (TPSA) is 58.6 Å². The van der Waals surface area contributed by atoms with E-state index in [1.807, 2.05) is 18.7 Å². The van der Waals surface area contributed by atoms with Gasteiger partial charge in [-0.05, 0) is 58.0 Å². The molecule has 3 rings (SSSR count). The number of amides is 1. The van der Waals surface area contributed by atoms with Crippen molar-refractivity contribution in [3.05, 3.63) is 23.3 Å². The van der Waals surface area contributed by atoms with Gasteiger partial charge in [-0.2, -0.15) is 0 Å². The summed E-state index contributed by atoms with van der Waals surface area (Å²) in [6.45, 7) is 9.85. The Morgan fingerprint density at radius 1 is 1.20 bits per heavy atom. The monoisotopic (exact) mass is 346 g/mol. The van der Waals surface area contributed by atoms with Crippen LogP contribution in [0.1, 0.15) is 41.0 Å². The summed E-state index contributed by atoms with van der Waals surface area (Å²) < 4.78 is 5.16. The quantitative estimate of drug-likeness (QED) is 0.762. The molecule has 0 bridgehead atoms. The molecule has 0 unspecified atom stereocenters. The number of carbonyl (C=O) groups excluding carboxylic acids is 1. The summed E-state index contributed by atoms with van der Waals surface area (Å²) >= 11 is 0. The highest BCUT2D eigenvalue weighted by atomic mass is 16.5. The lowest BCUT2D eigenvalue weighted by molar-refractivity contribution is 0.0772. The molecule has 138 valence electrons. The van der Waals surface area contributed by atoms with E-state index in [-0.39, 0.29) is 5.91 Å². The molecule has 25 heavy (non-hydrogen) atoms. The maximum Gasteiger partial charge on any atom is 0.272 e.